The molecule has 7 heterocycles. The minimum atomic E-state index is -0.906. The quantitative estimate of drug-likeness (QED) is 0.335. The number of pyridine rings is 2. The molecule has 4 atom stereocenters. The van der Waals surface area contributed by atoms with Crippen molar-refractivity contribution >= 4 is 27.6 Å². The SMILES string of the molecule is C#Cc1c(F)ccc2cc(=O)[nH]c(-c3nc4nc(OC[C@@]56CCCN5C[C@H](F)C6)nc(N5CC6CCC(C5)N6)c4cc3F)c12. The Morgan fingerprint density at radius 2 is 1.91 bits per heavy atom. The molecule has 2 unspecified atom stereocenters. The molecule has 4 fully saturated rings. The summed E-state index contributed by atoms with van der Waals surface area (Å²) >= 11 is 0. The smallest absolute Gasteiger partial charge is 0.320 e. The Kier molecular flexibility index (Phi) is 6.32. The largest absolute Gasteiger partial charge is 0.461 e. The summed E-state index contributed by atoms with van der Waals surface area (Å²) in [6.45, 7) is 2.79. The van der Waals surface area contributed by atoms with Gasteiger partial charge in [-0.15, -0.1) is 6.42 Å². The molecular formula is C32H30F3N7O2. The number of hydrogen-bond acceptors (Lipinski definition) is 8. The zero-order valence-corrected chi connectivity index (χ0v) is 23.9. The van der Waals surface area contributed by atoms with E-state index in [4.69, 9.17) is 16.1 Å². The van der Waals surface area contributed by atoms with Crippen molar-refractivity contribution in [3.8, 4) is 29.7 Å². The highest BCUT2D eigenvalue weighted by Gasteiger charge is 2.49. The number of hydrogen-bond donors (Lipinski definition) is 2. The minimum Gasteiger partial charge on any atom is -0.461 e. The first kappa shape index (κ1) is 27.3. The predicted molar refractivity (Wildman–Crippen MR) is 159 cm³/mol. The second kappa shape index (κ2) is 10.2. The molecule has 226 valence electrons. The molecule has 0 amide bonds. The second-order valence-electron chi connectivity index (χ2n) is 12.5. The van der Waals surface area contributed by atoms with E-state index in [-0.39, 0.29) is 52.7 Å². The summed E-state index contributed by atoms with van der Waals surface area (Å²) in [5.74, 6) is 1.41. The number of benzene rings is 1. The Balaban J connectivity index is 1.27. The van der Waals surface area contributed by atoms with Crippen LogP contribution in [-0.4, -0.2) is 81.4 Å². The van der Waals surface area contributed by atoms with Crippen LogP contribution in [-0.2, 0) is 0 Å². The number of rotatable bonds is 5. The summed E-state index contributed by atoms with van der Waals surface area (Å²) in [4.78, 5) is 33.4. The minimum absolute atomic E-state index is 0.0392. The molecule has 0 aliphatic carbocycles. The highest BCUT2D eigenvalue weighted by Crippen LogP contribution is 2.41. The zero-order chi connectivity index (χ0) is 30.2. The maximum atomic E-state index is 16.1. The van der Waals surface area contributed by atoms with E-state index in [0.717, 1.165) is 32.2 Å². The van der Waals surface area contributed by atoms with Gasteiger partial charge in [-0.25, -0.2) is 18.2 Å². The monoisotopic (exact) mass is 601 g/mol. The van der Waals surface area contributed by atoms with Gasteiger partial charge in [0.15, 0.2) is 11.5 Å². The lowest BCUT2D eigenvalue weighted by Gasteiger charge is -2.34. The molecule has 0 saturated carbocycles. The van der Waals surface area contributed by atoms with Crippen LogP contribution >= 0.6 is 0 Å². The molecule has 1 aromatic carbocycles. The van der Waals surface area contributed by atoms with Crippen LogP contribution in [0.2, 0.25) is 0 Å². The van der Waals surface area contributed by atoms with Crippen molar-refractivity contribution in [2.75, 3.05) is 37.7 Å². The summed E-state index contributed by atoms with van der Waals surface area (Å²) in [5.41, 5.74) is -1.15. The zero-order valence-electron chi connectivity index (χ0n) is 23.9. The number of aromatic amines is 1. The van der Waals surface area contributed by atoms with Crippen molar-refractivity contribution in [2.24, 2.45) is 0 Å². The molecule has 8 rings (SSSR count). The summed E-state index contributed by atoms with van der Waals surface area (Å²) in [6.07, 6.45) is 8.99. The normalized spacial score (nSPS) is 26.4. The molecule has 2 bridgehead atoms. The number of fused-ring (bicyclic) bond motifs is 5. The van der Waals surface area contributed by atoms with Gasteiger partial charge in [0, 0.05) is 49.6 Å². The van der Waals surface area contributed by atoms with Crippen LogP contribution < -0.4 is 20.5 Å². The molecule has 44 heavy (non-hydrogen) atoms. The van der Waals surface area contributed by atoms with Crippen molar-refractivity contribution in [3.05, 3.63) is 51.8 Å². The summed E-state index contributed by atoms with van der Waals surface area (Å²) < 4.78 is 51.5. The van der Waals surface area contributed by atoms with Gasteiger partial charge < -0.3 is 19.9 Å². The van der Waals surface area contributed by atoms with E-state index in [1.54, 1.807) is 0 Å². The summed E-state index contributed by atoms with van der Waals surface area (Å²) in [6, 6.07) is 5.80. The predicted octanol–water partition coefficient (Wildman–Crippen LogP) is 3.69. The van der Waals surface area contributed by atoms with Gasteiger partial charge in [-0.05, 0) is 49.7 Å². The van der Waals surface area contributed by atoms with Crippen molar-refractivity contribution in [1.29, 1.82) is 0 Å². The van der Waals surface area contributed by atoms with E-state index in [1.807, 2.05) is 0 Å². The van der Waals surface area contributed by atoms with Crippen molar-refractivity contribution in [1.82, 2.24) is 30.2 Å². The third kappa shape index (κ3) is 4.40. The van der Waals surface area contributed by atoms with Gasteiger partial charge in [-0.3, -0.25) is 9.69 Å². The molecule has 4 aliphatic heterocycles. The molecule has 0 radical (unpaired) electrons. The standard InChI is InChI=1S/C32H30F3N7O2/c1-2-21-23(34)7-4-17-10-25(43)37-28(26(17)21)27-24(35)11-22-29(38-27)39-31(40-30(22)41-14-19-5-6-20(15-41)36-19)44-16-32-8-3-9-42(32)13-18(33)12-32/h1,4,7,10-11,18-20,36H,3,5-6,8-9,12-16H2,(H,37,43)/t18-,19?,20?,32+/m1/s1. The van der Waals surface area contributed by atoms with Crippen molar-refractivity contribution in [3.63, 3.8) is 0 Å². The molecule has 12 heteroatoms. The number of terminal acetylenes is 1. The number of alkyl halides is 1. The highest BCUT2D eigenvalue weighted by molar-refractivity contribution is 5.99. The van der Waals surface area contributed by atoms with Crippen LogP contribution in [0.1, 0.15) is 37.7 Å². The number of anilines is 1. The molecular weight excluding hydrogens is 571 g/mol. The van der Waals surface area contributed by atoms with Gasteiger partial charge >= 0.3 is 6.01 Å². The van der Waals surface area contributed by atoms with E-state index in [1.165, 1.54) is 24.3 Å². The Morgan fingerprint density at radius 3 is 2.70 bits per heavy atom. The number of aromatic nitrogens is 4. The Bertz CT molecular complexity index is 1910. The van der Waals surface area contributed by atoms with Crippen molar-refractivity contribution in [2.45, 2.75) is 55.9 Å². The molecule has 2 N–H and O–H groups in total. The molecule has 9 nitrogen and oxygen atoms in total. The van der Waals surface area contributed by atoms with Crippen LogP contribution in [0.3, 0.4) is 0 Å². The van der Waals surface area contributed by atoms with E-state index in [0.29, 0.717) is 42.6 Å². The van der Waals surface area contributed by atoms with Crippen LogP contribution in [0.4, 0.5) is 19.0 Å². The summed E-state index contributed by atoms with van der Waals surface area (Å²) in [7, 11) is 0. The second-order valence-corrected chi connectivity index (χ2v) is 12.5. The third-order valence-electron chi connectivity index (χ3n) is 9.70. The molecule has 4 aliphatic rings. The van der Waals surface area contributed by atoms with Gasteiger partial charge in [0.25, 0.3) is 0 Å². The fraction of sp³-hybridized carbons (Fsp3) is 0.438. The highest BCUT2D eigenvalue weighted by atomic mass is 19.1. The van der Waals surface area contributed by atoms with Gasteiger partial charge in [0.1, 0.15) is 30.1 Å². The van der Waals surface area contributed by atoms with Gasteiger partial charge in [0.05, 0.1) is 22.2 Å². The maximum absolute atomic E-state index is 16.1. The molecule has 4 aromatic rings. The van der Waals surface area contributed by atoms with Crippen LogP contribution in [0.15, 0.2) is 29.1 Å². The van der Waals surface area contributed by atoms with Gasteiger partial charge in [-0.1, -0.05) is 12.0 Å². The number of nitrogens with one attached hydrogen (secondary N) is 2. The Morgan fingerprint density at radius 1 is 1.09 bits per heavy atom. The van der Waals surface area contributed by atoms with Gasteiger partial charge in [-0.2, -0.15) is 9.97 Å². The number of nitrogens with zero attached hydrogens (tertiary/aromatic N) is 5. The number of piperazine rings is 1. The van der Waals surface area contributed by atoms with Gasteiger partial charge in [0.2, 0.25) is 5.56 Å². The topological polar surface area (TPSA) is 99.3 Å². The van der Waals surface area contributed by atoms with E-state index >= 15 is 4.39 Å². The Labute approximate surface area is 250 Å². The average molecular weight is 602 g/mol. The first-order valence-corrected chi connectivity index (χ1v) is 15.0. The maximum Gasteiger partial charge on any atom is 0.320 e. The number of halogens is 3. The third-order valence-corrected chi connectivity index (χ3v) is 9.70. The summed E-state index contributed by atoms with van der Waals surface area (Å²) in [5, 5.41) is 4.50. The van der Waals surface area contributed by atoms with Crippen LogP contribution in [0.25, 0.3) is 33.2 Å². The molecule has 3 aromatic heterocycles. The number of H-pyrrole nitrogens is 1. The van der Waals surface area contributed by atoms with Crippen LogP contribution in [0, 0.1) is 24.0 Å². The van der Waals surface area contributed by atoms with Crippen molar-refractivity contribution < 1.29 is 17.9 Å². The fourth-order valence-corrected chi connectivity index (χ4v) is 7.76. The lowest BCUT2D eigenvalue weighted by Crippen LogP contribution is -2.51. The van der Waals surface area contributed by atoms with E-state index < -0.39 is 28.9 Å². The lowest BCUT2D eigenvalue weighted by atomic mass is 9.95. The fourth-order valence-electron chi connectivity index (χ4n) is 7.76. The first-order chi connectivity index (χ1) is 21.3. The number of ether oxygens (including phenoxy) is 1. The van der Waals surface area contributed by atoms with E-state index in [9.17, 15) is 13.6 Å². The first-order valence-electron chi connectivity index (χ1n) is 15.0. The Hall–Kier alpha value is -4.21. The average Bonchev–Trinajstić information content (AvgIpc) is 3.65. The van der Waals surface area contributed by atoms with Crippen LogP contribution in [0.5, 0.6) is 6.01 Å². The van der Waals surface area contributed by atoms with E-state index in [2.05, 4.69) is 36.0 Å². The lowest BCUT2D eigenvalue weighted by molar-refractivity contribution is 0.107. The molecule has 0 spiro atoms. The molecule has 4 saturated heterocycles.